The minimum atomic E-state index is -0.810. The lowest BCUT2D eigenvalue weighted by molar-refractivity contribution is 0.0198. The Morgan fingerprint density at radius 3 is 2.33 bits per heavy atom. The van der Waals surface area contributed by atoms with Gasteiger partial charge in [-0.05, 0) is 44.0 Å². The van der Waals surface area contributed by atoms with Crippen LogP contribution in [0.4, 0.5) is 4.79 Å². The molecule has 1 aliphatic heterocycles. The number of carbonyl (C=O) groups is 2. The van der Waals surface area contributed by atoms with Crippen molar-refractivity contribution in [1.29, 1.82) is 0 Å². The van der Waals surface area contributed by atoms with Gasteiger partial charge in [0.15, 0.2) is 0 Å². The van der Waals surface area contributed by atoms with Gasteiger partial charge in [-0.2, -0.15) is 0 Å². The molecule has 6 nitrogen and oxygen atoms in total. The minimum absolute atomic E-state index is 0.166. The number of methoxy groups -OCH3 is 1. The van der Waals surface area contributed by atoms with Gasteiger partial charge in [0.2, 0.25) is 0 Å². The Kier molecular flexibility index (Phi) is 5.29. The highest BCUT2D eigenvalue weighted by Crippen LogP contribution is 2.24. The zero-order chi connectivity index (χ0) is 17.9. The van der Waals surface area contributed by atoms with E-state index in [-0.39, 0.29) is 6.54 Å². The quantitative estimate of drug-likeness (QED) is 0.842. The lowest BCUT2D eigenvalue weighted by atomic mass is 9.96. The summed E-state index contributed by atoms with van der Waals surface area (Å²) in [7, 11) is 1.33. The SMILES string of the molecule is COC(=O)c1ccc(C2=CCN(C(=O)OC(C)(C)C)CC2O)cc1. The molecule has 0 fully saturated rings. The Morgan fingerprint density at radius 2 is 1.83 bits per heavy atom. The number of aliphatic hydroxyl groups excluding tert-OH is 1. The molecule has 1 aliphatic rings. The number of nitrogens with zero attached hydrogens (tertiary/aromatic N) is 1. The number of amides is 1. The third-order valence-corrected chi connectivity index (χ3v) is 3.57. The Labute approximate surface area is 141 Å². The van der Waals surface area contributed by atoms with Crippen molar-refractivity contribution in [3.8, 4) is 0 Å². The smallest absolute Gasteiger partial charge is 0.410 e. The molecule has 1 aromatic carbocycles. The average Bonchev–Trinajstić information content (AvgIpc) is 2.52. The van der Waals surface area contributed by atoms with Gasteiger partial charge in [0.05, 0.1) is 25.3 Å². The maximum absolute atomic E-state index is 12.1. The predicted octanol–water partition coefficient (Wildman–Crippen LogP) is 2.47. The van der Waals surface area contributed by atoms with E-state index in [4.69, 9.17) is 4.74 Å². The Morgan fingerprint density at radius 1 is 1.21 bits per heavy atom. The highest BCUT2D eigenvalue weighted by molar-refractivity contribution is 5.89. The molecule has 2 rings (SSSR count). The van der Waals surface area contributed by atoms with Crippen LogP contribution in [0.25, 0.3) is 5.57 Å². The number of β-amino-alcohol motifs (C(OH)–C–C–N with tert-alkyl or cyclic N) is 1. The first-order chi connectivity index (χ1) is 11.2. The average molecular weight is 333 g/mol. The topological polar surface area (TPSA) is 76.1 Å². The molecule has 1 amide bonds. The van der Waals surface area contributed by atoms with Crippen molar-refractivity contribution in [3.63, 3.8) is 0 Å². The number of benzene rings is 1. The summed E-state index contributed by atoms with van der Waals surface area (Å²) in [6.07, 6.45) is 0.541. The van der Waals surface area contributed by atoms with Crippen LogP contribution >= 0.6 is 0 Å². The summed E-state index contributed by atoms with van der Waals surface area (Å²) < 4.78 is 9.98. The molecule has 0 saturated heterocycles. The van der Waals surface area contributed by atoms with Gasteiger partial charge in [-0.3, -0.25) is 0 Å². The van der Waals surface area contributed by atoms with Gasteiger partial charge in [0, 0.05) is 6.54 Å². The fraction of sp³-hybridized carbons (Fsp3) is 0.444. The van der Waals surface area contributed by atoms with E-state index in [1.54, 1.807) is 51.1 Å². The number of hydrogen-bond donors (Lipinski definition) is 1. The van der Waals surface area contributed by atoms with Crippen molar-refractivity contribution < 1.29 is 24.2 Å². The number of rotatable bonds is 2. The summed E-state index contributed by atoms with van der Waals surface area (Å²) in [4.78, 5) is 25.0. The molecule has 1 unspecified atom stereocenters. The van der Waals surface area contributed by atoms with Crippen LogP contribution in [0, 0.1) is 0 Å². The second kappa shape index (κ2) is 7.05. The lowest BCUT2D eigenvalue weighted by Crippen LogP contribution is -2.43. The van der Waals surface area contributed by atoms with Gasteiger partial charge in [0.1, 0.15) is 5.60 Å². The van der Waals surface area contributed by atoms with Crippen LogP contribution in [-0.4, -0.2) is 54.0 Å². The van der Waals surface area contributed by atoms with Gasteiger partial charge in [-0.25, -0.2) is 9.59 Å². The van der Waals surface area contributed by atoms with E-state index in [1.165, 1.54) is 12.0 Å². The molecule has 0 saturated carbocycles. The Bertz CT molecular complexity index is 642. The zero-order valence-electron chi connectivity index (χ0n) is 14.4. The number of aliphatic hydroxyl groups is 1. The van der Waals surface area contributed by atoms with Crippen molar-refractivity contribution in [2.24, 2.45) is 0 Å². The second-order valence-electron chi connectivity index (χ2n) is 6.63. The predicted molar refractivity (Wildman–Crippen MR) is 89.6 cm³/mol. The summed E-state index contributed by atoms with van der Waals surface area (Å²) in [5.74, 6) is -0.407. The van der Waals surface area contributed by atoms with Crippen LogP contribution in [0.3, 0.4) is 0 Å². The number of esters is 1. The second-order valence-corrected chi connectivity index (χ2v) is 6.63. The summed E-state index contributed by atoms with van der Waals surface area (Å²) in [5, 5.41) is 10.4. The van der Waals surface area contributed by atoms with Crippen LogP contribution in [0.2, 0.25) is 0 Å². The fourth-order valence-corrected chi connectivity index (χ4v) is 2.43. The minimum Gasteiger partial charge on any atom is -0.465 e. The highest BCUT2D eigenvalue weighted by atomic mass is 16.6. The zero-order valence-corrected chi connectivity index (χ0v) is 14.4. The van der Waals surface area contributed by atoms with Crippen LogP contribution in [-0.2, 0) is 9.47 Å². The van der Waals surface area contributed by atoms with Crippen molar-refractivity contribution in [2.75, 3.05) is 20.2 Å². The highest BCUT2D eigenvalue weighted by Gasteiger charge is 2.28. The number of hydrogen-bond acceptors (Lipinski definition) is 5. The molecule has 1 aromatic rings. The first-order valence-corrected chi connectivity index (χ1v) is 7.76. The van der Waals surface area contributed by atoms with E-state index < -0.39 is 23.8 Å². The molecular weight excluding hydrogens is 310 g/mol. The molecule has 0 spiro atoms. The molecule has 0 radical (unpaired) electrons. The van der Waals surface area contributed by atoms with Gasteiger partial charge in [-0.1, -0.05) is 18.2 Å². The van der Waals surface area contributed by atoms with Crippen molar-refractivity contribution in [3.05, 3.63) is 41.5 Å². The summed E-state index contributed by atoms with van der Waals surface area (Å²) in [5.41, 5.74) is 1.41. The van der Waals surface area contributed by atoms with Crippen molar-refractivity contribution in [1.82, 2.24) is 4.90 Å². The first-order valence-electron chi connectivity index (χ1n) is 7.76. The summed E-state index contributed by atoms with van der Waals surface area (Å²) in [6.45, 7) is 5.93. The molecular formula is C18H23NO5. The third kappa shape index (κ3) is 4.35. The Hall–Kier alpha value is -2.34. The lowest BCUT2D eigenvalue weighted by Gasteiger charge is -2.32. The number of ether oxygens (including phenoxy) is 2. The van der Waals surface area contributed by atoms with E-state index in [0.717, 1.165) is 11.1 Å². The van der Waals surface area contributed by atoms with Crippen molar-refractivity contribution in [2.45, 2.75) is 32.5 Å². The van der Waals surface area contributed by atoms with Crippen LogP contribution < -0.4 is 0 Å². The molecule has 1 N–H and O–H groups in total. The molecule has 6 heteroatoms. The van der Waals surface area contributed by atoms with Crippen LogP contribution in [0.15, 0.2) is 30.3 Å². The van der Waals surface area contributed by atoms with Crippen LogP contribution in [0.5, 0.6) is 0 Å². The van der Waals surface area contributed by atoms with E-state index in [9.17, 15) is 14.7 Å². The molecule has 0 aromatic heterocycles. The maximum Gasteiger partial charge on any atom is 0.410 e. The largest absolute Gasteiger partial charge is 0.465 e. The molecule has 0 bridgehead atoms. The van der Waals surface area contributed by atoms with E-state index >= 15 is 0 Å². The molecule has 1 atom stereocenters. The van der Waals surface area contributed by atoms with Crippen LogP contribution in [0.1, 0.15) is 36.7 Å². The van der Waals surface area contributed by atoms with Crippen molar-refractivity contribution >= 4 is 17.6 Å². The molecule has 130 valence electrons. The van der Waals surface area contributed by atoms with E-state index in [0.29, 0.717) is 12.1 Å². The molecule has 1 heterocycles. The normalized spacial score (nSPS) is 18.0. The first kappa shape index (κ1) is 18.0. The molecule has 0 aliphatic carbocycles. The monoisotopic (exact) mass is 333 g/mol. The van der Waals surface area contributed by atoms with Gasteiger partial charge in [0.25, 0.3) is 0 Å². The Balaban J connectivity index is 2.10. The third-order valence-electron chi connectivity index (χ3n) is 3.57. The van der Waals surface area contributed by atoms with E-state index in [2.05, 4.69) is 4.74 Å². The number of carbonyl (C=O) groups excluding carboxylic acids is 2. The standard InChI is InChI=1S/C18H23NO5/c1-18(2,3)24-17(22)19-10-9-14(15(20)11-19)12-5-7-13(8-6-12)16(21)23-4/h5-9,15,20H,10-11H2,1-4H3. The molecule has 24 heavy (non-hydrogen) atoms. The van der Waals surface area contributed by atoms with E-state index in [1.807, 2.05) is 0 Å². The van der Waals surface area contributed by atoms with Gasteiger partial charge in [-0.15, -0.1) is 0 Å². The van der Waals surface area contributed by atoms with Gasteiger partial charge < -0.3 is 19.5 Å². The van der Waals surface area contributed by atoms with Gasteiger partial charge >= 0.3 is 12.1 Å². The maximum atomic E-state index is 12.1. The summed E-state index contributed by atoms with van der Waals surface area (Å²) >= 11 is 0. The fourth-order valence-electron chi connectivity index (χ4n) is 2.43. The summed E-state index contributed by atoms with van der Waals surface area (Å²) in [6, 6.07) is 6.80.